The number of aliphatic imine (C=N–C) groups is 1. The fraction of sp³-hybridized carbons (Fsp3) is 0.462. The van der Waals surface area contributed by atoms with E-state index in [0.717, 1.165) is 23.6 Å². The molecule has 1 heterocycles. The van der Waals surface area contributed by atoms with Gasteiger partial charge in [-0.2, -0.15) is 0 Å². The highest BCUT2D eigenvalue weighted by atomic mass is 32.2. The molecule has 0 aromatic heterocycles. The summed E-state index contributed by atoms with van der Waals surface area (Å²) in [6, 6.07) is 7.93. The molecule has 0 spiro atoms. The van der Waals surface area contributed by atoms with Gasteiger partial charge in [0.1, 0.15) is 0 Å². The van der Waals surface area contributed by atoms with Crippen molar-refractivity contribution in [2.45, 2.75) is 31.1 Å². The van der Waals surface area contributed by atoms with Gasteiger partial charge in [0.2, 0.25) is 0 Å². The molecule has 1 aromatic rings. The summed E-state index contributed by atoms with van der Waals surface area (Å²) in [7, 11) is -0.920. The van der Waals surface area contributed by atoms with Crippen molar-refractivity contribution in [2.24, 2.45) is 4.99 Å². The Morgan fingerprint density at radius 3 is 2.62 bits per heavy atom. The Balaban J connectivity index is 2.02. The van der Waals surface area contributed by atoms with Gasteiger partial charge in [0, 0.05) is 17.2 Å². The Morgan fingerprint density at radius 1 is 1.25 bits per heavy atom. The number of hydrogen-bond acceptors (Lipinski definition) is 2. The lowest BCUT2D eigenvalue weighted by Gasteiger charge is -2.11. The van der Waals surface area contributed by atoms with Crippen LogP contribution in [-0.2, 0) is 10.8 Å². The lowest BCUT2D eigenvalue weighted by Crippen LogP contribution is -2.14. The summed E-state index contributed by atoms with van der Waals surface area (Å²) in [5.74, 6) is 0.614. The maximum Gasteiger partial charge on any atom is 0.0661 e. The number of benzene rings is 1. The van der Waals surface area contributed by atoms with Crippen molar-refractivity contribution >= 4 is 16.5 Å². The first kappa shape index (κ1) is 11.5. The first-order valence-electron chi connectivity index (χ1n) is 5.73. The normalized spacial score (nSPS) is 17.9. The van der Waals surface area contributed by atoms with Crippen molar-refractivity contribution < 1.29 is 4.21 Å². The van der Waals surface area contributed by atoms with Gasteiger partial charge in [0.15, 0.2) is 0 Å². The zero-order valence-electron chi connectivity index (χ0n) is 9.61. The van der Waals surface area contributed by atoms with Gasteiger partial charge in [-0.1, -0.05) is 17.7 Å². The molecule has 1 unspecified atom stereocenters. The molecule has 0 saturated heterocycles. The summed E-state index contributed by atoms with van der Waals surface area (Å²) in [6.07, 6.45) is 3.40. The molecule has 1 aliphatic heterocycles. The minimum Gasteiger partial charge on any atom is -0.293 e. The van der Waals surface area contributed by atoms with Crippen molar-refractivity contribution in [1.82, 2.24) is 0 Å². The molecule has 0 bridgehead atoms. The molecule has 0 saturated carbocycles. The van der Waals surface area contributed by atoms with E-state index in [-0.39, 0.29) is 0 Å². The van der Waals surface area contributed by atoms with Crippen LogP contribution in [0.4, 0.5) is 0 Å². The molecule has 1 atom stereocenters. The summed E-state index contributed by atoms with van der Waals surface area (Å²) in [5, 5.41) is 0. The number of aryl methyl sites for hydroxylation is 1. The van der Waals surface area contributed by atoms with Gasteiger partial charge in [0.05, 0.1) is 16.6 Å². The Hall–Kier alpha value is -0.960. The van der Waals surface area contributed by atoms with Crippen LogP contribution in [-0.4, -0.2) is 22.2 Å². The largest absolute Gasteiger partial charge is 0.293 e. The van der Waals surface area contributed by atoms with Gasteiger partial charge in [-0.3, -0.25) is 9.20 Å². The summed E-state index contributed by atoms with van der Waals surface area (Å²) in [5.41, 5.74) is 2.33. The highest BCUT2D eigenvalue weighted by Gasteiger charge is 2.10. The Morgan fingerprint density at radius 2 is 2.00 bits per heavy atom. The van der Waals surface area contributed by atoms with Gasteiger partial charge < -0.3 is 0 Å². The first-order valence-corrected chi connectivity index (χ1v) is 7.05. The van der Waals surface area contributed by atoms with Gasteiger partial charge in [0.25, 0.3) is 0 Å². The fourth-order valence-electron chi connectivity index (χ4n) is 1.80. The number of hydrogen-bond donors (Lipinski definition) is 0. The second-order valence-electron chi connectivity index (χ2n) is 4.21. The summed E-state index contributed by atoms with van der Waals surface area (Å²) < 4.78 is 12.1. The van der Waals surface area contributed by atoms with Crippen molar-refractivity contribution in [1.29, 1.82) is 0 Å². The first-order chi connectivity index (χ1) is 7.75. The van der Waals surface area contributed by atoms with Gasteiger partial charge in [-0.15, -0.1) is 0 Å². The third-order valence-electron chi connectivity index (χ3n) is 2.79. The molecular formula is C13H17NOS. The van der Waals surface area contributed by atoms with Crippen molar-refractivity contribution in [3.05, 3.63) is 29.8 Å². The fourth-order valence-corrected chi connectivity index (χ4v) is 2.94. The van der Waals surface area contributed by atoms with E-state index in [9.17, 15) is 4.21 Å². The molecule has 16 heavy (non-hydrogen) atoms. The lowest BCUT2D eigenvalue weighted by molar-refractivity contribution is 0.684. The number of nitrogens with zero attached hydrogens (tertiary/aromatic N) is 1. The Kier molecular flexibility index (Phi) is 3.88. The van der Waals surface area contributed by atoms with Crippen molar-refractivity contribution in [3.63, 3.8) is 0 Å². The molecule has 0 aliphatic carbocycles. The van der Waals surface area contributed by atoms with Crippen molar-refractivity contribution in [2.75, 3.05) is 12.3 Å². The molecule has 0 radical (unpaired) electrons. The molecule has 0 fully saturated rings. The second-order valence-corrected chi connectivity index (χ2v) is 5.66. The summed E-state index contributed by atoms with van der Waals surface area (Å²) in [6.45, 7) is 2.96. The molecular weight excluding hydrogens is 218 g/mol. The van der Waals surface area contributed by atoms with Crippen LogP contribution >= 0.6 is 0 Å². The molecule has 1 aromatic carbocycles. The van der Waals surface area contributed by atoms with Gasteiger partial charge in [-0.05, 0) is 38.3 Å². The minimum absolute atomic E-state index is 0.614. The summed E-state index contributed by atoms with van der Waals surface area (Å²) >= 11 is 0. The molecule has 0 N–H and O–H groups in total. The van der Waals surface area contributed by atoms with Gasteiger partial charge in [-0.25, -0.2) is 0 Å². The third-order valence-corrected chi connectivity index (χ3v) is 4.18. The lowest BCUT2D eigenvalue weighted by atomic mass is 10.1. The second kappa shape index (κ2) is 5.39. The topological polar surface area (TPSA) is 29.4 Å². The van der Waals surface area contributed by atoms with E-state index >= 15 is 0 Å². The molecule has 1 aliphatic rings. The zero-order chi connectivity index (χ0) is 11.4. The standard InChI is InChI=1S/C13H17NOS/c1-11-5-7-13(8-6-11)16(15)10-12-4-2-3-9-14-12/h5-8H,2-4,9-10H2,1H3. The van der Waals surface area contributed by atoms with Crippen LogP contribution in [0.15, 0.2) is 34.2 Å². The van der Waals surface area contributed by atoms with E-state index in [2.05, 4.69) is 4.99 Å². The highest BCUT2D eigenvalue weighted by Crippen LogP contribution is 2.12. The molecule has 2 nitrogen and oxygen atoms in total. The SMILES string of the molecule is Cc1ccc(S(=O)CC2=NCCCC2)cc1. The van der Waals surface area contributed by atoms with Crippen LogP contribution in [0.25, 0.3) is 0 Å². The van der Waals surface area contributed by atoms with Crippen LogP contribution in [0.3, 0.4) is 0 Å². The van der Waals surface area contributed by atoms with E-state index in [1.54, 1.807) is 0 Å². The quantitative estimate of drug-likeness (QED) is 0.792. The van der Waals surface area contributed by atoms with Crippen LogP contribution < -0.4 is 0 Å². The van der Waals surface area contributed by atoms with E-state index < -0.39 is 10.8 Å². The van der Waals surface area contributed by atoms with E-state index in [1.807, 2.05) is 31.2 Å². The number of rotatable bonds is 3. The van der Waals surface area contributed by atoms with E-state index in [4.69, 9.17) is 0 Å². The van der Waals surface area contributed by atoms with E-state index in [0.29, 0.717) is 5.75 Å². The van der Waals surface area contributed by atoms with Crippen LogP contribution in [0.1, 0.15) is 24.8 Å². The maximum absolute atomic E-state index is 12.1. The highest BCUT2D eigenvalue weighted by molar-refractivity contribution is 7.85. The minimum atomic E-state index is -0.920. The monoisotopic (exact) mass is 235 g/mol. The van der Waals surface area contributed by atoms with Crippen molar-refractivity contribution in [3.8, 4) is 0 Å². The Labute approximate surface area is 99.2 Å². The molecule has 2 rings (SSSR count). The zero-order valence-corrected chi connectivity index (χ0v) is 10.4. The predicted molar refractivity (Wildman–Crippen MR) is 68.6 cm³/mol. The molecule has 3 heteroatoms. The smallest absolute Gasteiger partial charge is 0.0661 e. The van der Waals surface area contributed by atoms with Crippen LogP contribution in [0.2, 0.25) is 0 Å². The average Bonchev–Trinajstić information content (AvgIpc) is 2.31. The maximum atomic E-state index is 12.1. The van der Waals surface area contributed by atoms with Crippen LogP contribution in [0, 0.1) is 6.92 Å². The Bertz CT molecular complexity index is 408. The van der Waals surface area contributed by atoms with E-state index in [1.165, 1.54) is 18.4 Å². The van der Waals surface area contributed by atoms with Gasteiger partial charge >= 0.3 is 0 Å². The van der Waals surface area contributed by atoms with Crippen LogP contribution in [0.5, 0.6) is 0 Å². The molecule has 0 amide bonds. The summed E-state index contributed by atoms with van der Waals surface area (Å²) in [4.78, 5) is 5.35. The predicted octanol–water partition coefficient (Wildman–Crippen LogP) is 2.73. The average molecular weight is 235 g/mol. The molecule has 86 valence electrons. The third kappa shape index (κ3) is 3.01.